The zero-order valence-electron chi connectivity index (χ0n) is 12.7. The molecular formula is C18H22N2O2. The molecule has 3 rings (SSSR count). The van der Waals surface area contributed by atoms with Crippen LogP contribution in [0.15, 0.2) is 53.1 Å². The fourth-order valence-electron chi connectivity index (χ4n) is 3.41. The van der Waals surface area contributed by atoms with Crippen molar-refractivity contribution >= 4 is 5.91 Å². The number of carbonyl (C=O) groups excluding carboxylic acids is 1. The van der Waals surface area contributed by atoms with Crippen molar-refractivity contribution in [3.63, 3.8) is 0 Å². The summed E-state index contributed by atoms with van der Waals surface area (Å²) in [5.41, 5.74) is 6.49. The average molecular weight is 298 g/mol. The van der Waals surface area contributed by atoms with Crippen molar-refractivity contribution in [3.05, 3.63) is 60.1 Å². The molecule has 0 aliphatic carbocycles. The second kappa shape index (κ2) is 6.36. The van der Waals surface area contributed by atoms with Gasteiger partial charge in [0.1, 0.15) is 5.76 Å². The third-order valence-corrected chi connectivity index (χ3v) is 4.70. The summed E-state index contributed by atoms with van der Waals surface area (Å²) in [6.07, 6.45) is 4.16. The molecule has 4 heteroatoms. The molecule has 0 bridgehead atoms. The van der Waals surface area contributed by atoms with E-state index in [1.54, 1.807) is 6.26 Å². The molecule has 1 aliphatic heterocycles. The first-order chi connectivity index (χ1) is 10.7. The number of carbonyl (C=O) groups is 1. The molecule has 22 heavy (non-hydrogen) atoms. The van der Waals surface area contributed by atoms with E-state index in [4.69, 9.17) is 10.2 Å². The van der Waals surface area contributed by atoms with Gasteiger partial charge in [-0.25, -0.2) is 0 Å². The van der Waals surface area contributed by atoms with Crippen LogP contribution in [0.4, 0.5) is 0 Å². The van der Waals surface area contributed by atoms with Crippen molar-refractivity contribution < 1.29 is 9.21 Å². The van der Waals surface area contributed by atoms with Gasteiger partial charge in [-0.05, 0) is 43.6 Å². The number of piperidine rings is 1. The molecule has 1 aromatic heterocycles. The molecule has 0 unspecified atom stereocenters. The minimum Gasteiger partial charge on any atom is -0.468 e. The maximum atomic E-state index is 11.0. The lowest BCUT2D eigenvalue weighted by Crippen LogP contribution is -2.44. The van der Waals surface area contributed by atoms with Crippen molar-refractivity contribution in [2.24, 2.45) is 5.73 Å². The number of rotatable bonds is 5. The van der Waals surface area contributed by atoms with Crippen molar-refractivity contribution in [2.45, 2.75) is 24.7 Å². The number of amides is 1. The van der Waals surface area contributed by atoms with E-state index < -0.39 is 0 Å². The number of furan rings is 1. The molecule has 2 heterocycles. The highest BCUT2D eigenvalue weighted by Gasteiger charge is 2.39. The Hall–Kier alpha value is -2.07. The molecule has 0 radical (unpaired) electrons. The Morgan fingerprint density at radius 1 is 1.14 bits per heavy atom. The maximum absolute atomic E-state index is 11.0. The summed E-state index contributed by atoms with van der Waals surface area (Å²) in [6, 6.07) is 14.6. The summed E-state index contributed by atoms with van der Waals surface area (Å²) in [7, 11) is 0. The highest BCUT2D eigenvalue weighted by molar-refractivity contribution is 5.73. The first-order valence-corrected chi connectivity index (χ1v) is 7.81. The summed E-state index contributed by atoms with van der Waals surface area (Å²) >= 11 is 0. The van der Waals surface area contributed by atoms with Gasteiger partial charge in [-0.1, -0.05) is 30.3 Å². The van der Waals surface area contributed by atoms with Crippen LogP contribution in [0.5, 0.6) is 0 Å². The first-order valence-electron chi connectivity index (χ1n) is 7.81. The van der Waals surface area contributed by atoms with Gasteiger partial charge in [0.05, 0.1) is 11.7 Å². The average Bonchev–Trinajstić information content (AvgIpc) is 3.09. The highest BCUT2D eigenvalue weighted by atomic mass is 16.3. The smallest absolute Gasteiger partial charge is 0.218 e. The number of primary amides is 1. The molecule has 2 N–H and O–H groups in total. The lowest BCUT2D eigenvalue weighted by molar-refractivity contribution is -0.118. The van der Waals surface area contributed by atoms with Crippen LogP contribution in [-0.2, 0) is 10.2 Å². The molecule has 4 nitrogen and oxygen atoms in total. The second-order valence-corrected chi connectivity index (χ2v) is 5.98. The molecule has 0 atom stereocenters. The van der Waals surface area contributed by atoms with Gasteiger partial charge in [-0.3, -0.25) is 4.79 Å². The second-order valence-electron chi connectivity index (χ2n) is 5.98. The zero-order valence-corrected chi connectivity index (χ0v) is 12.7. The summed E-state index contributed by atoms with van der Waals surface area (Å²) in [5.74, 6) is 0.805. The lowest BCUT2D eigenvalue weighted by atomic mass is 9.71. The summed E-state index contributed by atoms with van der Waals surface area (Å²) in [5, 5.41) is 0. The van der Waals surface area contributed by atoms with Gasteiger partial charge < -0.3 is 15.1 Å². The summed E-state index contributed by atoms with van der Waals surface area (Å²) in [4.78, 5) is 13.3. The Kier molecular flexibility index (Phi) is 4.29. The molecule has 0 saturated carbocycles. The van der Waals surface area contributed by atoms with Gasteiger partial charge in [0.2, 0.25) is 5.91 Å². The molecular weight excluding hydrogens is 276 g/mol. The standard InChI is InChI=1S/C18H22N2O2/c19-17(21)8-11-20-12-9-18(10-13-20,16-7-4-14-22-16)15-5-2-1-3-6-15/h1-7,14H,8-13H2,(H2,19,21). The topological polar surface area (TPSA) is 59.5 Å². The third-order valence-electron chi connectivity index (χ3n) is 4.70. The first kappa shape index (κ1) is 14.9. The fourth-order valence-corrected chi connectivity index (χ4v) is 3.41. The molecule has 116 valence electrons. The van der Waals surface area contributed by atoms with E-state index in [1.807, 2.05) is 12.1 Å². The highest BCUT2D eigenvalue weighted by Crippen LogP contribution is 2.41. The normalized spacial score (nSPS) is 18.2. The Morgan fingerprint density at radius 2 is 1.86 bits per heavy atom. The Balaban J connectivity index is 1.80. The fraction of sp³-hybridized carbons (Fsp3) is 0.389. The molecule has 1 fully saturated rings. The van der Waals surface area contributed by atoms with Crippen LogP contribution >= 0.6 is 0 Å². The van der Waals surface area contributed by atoms with Crippen LogP contribution in [0.1, 0.15) is 30.6 Å². The lowest BCUT2D eigenvalue weighted by Gasteiger charge is -2.41. The Morgan fingerprint density at radius 3 is 2.45 bits per heavy atom. The van der Waals surface area contributed by atoms with Gasteiger partial charge in [0, 0.05) is 13.0 Å². The minimum atomic E-state index is -0.231. The van der Waals surface area contributed by atoms with Crippen molar-refractivity contribution in [3.8, 4) is 0 Å². The molecule has 1 saturated heterocycles. The van der Waals surface area contributed by atoms with Gasteiger partial charge in [0.25, 0.3) is 0 Å². The van der Waals surface area contributed by atoms with E-state index in [0.29, 0.717) is 6.42 Å². The van der Waals surface area contributed by atoms with Gasteiger partial charge >= 0.3 is 0 Å². The number of likely N-dealkylation sites (tertiary alicyclic amines) is 1. The maximum Gasteiger partial charge on any atom is 0.218 e. The van der Waals surface area contributed by atoms with Crippen molar-refractivity contribution in [2.75, 3.05) is 19.6 Å². The number of nitrogens with zero attached hydrogens (tertiary/aromatic N) is 1. The van der Waals surface area contributed by atoms with E-state index in [-0.39, 0.29) is 11.3 Å². The number of hydrogen-bond acceptors (Lipinski definition) is 3. The Labute approximate surface area is 130 Å². The summed E-state index contributed by atoms with van der Waals surface area (Å²) < 4.78 is 5.77. The summed E-state index contributed by atoms with van der Waals surface area (Å²) in [6.45, 7) is 2.64. The molecule has 1 amide bonds. The number of benzene rings is 1. The molecule has 1 aliphatic rings. The van der Waals surface area contributed by atoms with E-state index in [2.05, 4.69) is 35.2 Å². The predicted molar refractivity (Wildman–Crippen MR) is 85.4 cm³/mol. The van der Waals surface area contributed by atoms with E-state index >= 15 is 0 Å². The van der Waals surface area contributed by atoms with E-state index in [1.165, 1.54) is 5.56 Å². The van der Waals surface area contributed by atoms with E-state index in [9.17, 15) is 4.79 Å². The predicted octanol–water partition coefficient (Wildman–Crippen LogP) is 2.54. The van der Waals surface area contributed by atoms with E-state index in [0.717, 1.165) is 38.2 Å². The number of nitrogens with two attached hydrogens (primary N) is 1. The third kappa shape index (κ3) is 2.92. The van der Waals surface area contributed by atoms with Gasteiger partial charge in [0.15, 0.2) is 0 Å². The molecule has 1 aromatic carbocycles. The van der Waals surface area contributed by atoms with Crippen LogP contribution < -0.4 is 5.73 Å². The monoisotopic (exact) mass is 298 g/mol. The van der Waals surface area contributed by atoms with Crippen LogP contribution in [-0.4, -0.2) is 30.4 Å². The SMILES string of the molecule is NC(=O)CCN1CCC(c2ccccc2)(c2ccco2)CC1. The van der Waals surface area contributed by atoms with Gasteiger partial charge in [-0.15, -0.1) is 0 Å². The molecule has 2 aromatic rings. The zero-order chi connectivity index (χ0) is 15.4. The number of hydrogen-bond donors (Lipinski definition) is 1. The van der Waals surface area contributed by atoms with Crippen LogP contribution in [0.25, 0.3) is 0 Å². The van der Waals surface area contributed by atoms with Crippen LogP contribution in [0, 0.1) is 0 Å². The minimum absolute atomic E-state index is 0.0615. The van der Waals surface area contributed by atoms with Crippen molar-refractivity contribution in [1.29, 1.82) is 0 Å². The largest absolute Gasteiger partial charge is 0.468 e. The van der Waals surface area contributed by atoms with Crippen LogP contribution in [0.3, 0.4) is 0 Å². The quantitative estimate of drug-likeness (QED) is 0.923. The van der Waals surface area contributed by atoms with Crippen molar-refractivity contribution in [1.82, 2.24) is 4.90 Å². The van der Waals surface area contributed by atoms with Crippen LogP contribution in [0.2, 0.25) is 0 Å². The van der Waals surface area contributed by atoms with Gasteiger partial charge in [-0.2, -0.15) is 0 Å². The molecule has 0 spiro atoms. The Bertz CT molecular complexity index is 599.